The molecule has 1 aliphatic rings. The van der Waals surface area contributed by atoms with Crippen LogP contribution in [0.3, 0.4) is 0 Å². The van der Waals surface area contributed by atoms with Gasteiger partial charge >= 0.3 is 0 Å². The van der Waals surface area contributed by atoms with Crippen LogP contribution in [0, 0.1) is 6.92 Å². The van der Waals surface area contributed by atoms with E-state index in [1.54, 1.807) is 11.3 Å². The minimum atomic E-state index is 0. The average Bonchev–Trinajstić information content (AvgIpc) is 3.02. The van der Waals surface area contributed by atoms with Gasteiger partial charge in [-0.25, -0.2) is 4.98 Å². The van der Waals surface area contributed by atoms with Crippen LogP contribution in [0.1, 0.15) is 17.9 Å². The normalized spacial score (nSPS) is 19.6. The predicted molar refractivity (Wildman–Crippen MR) is 79.7 cm³/mol. The lowest BCUT2D eigenvalue weighted by atomic mass is 10.3. The van der Waals surface area contributed by atoms with Gasteiger partial charge in [0.1, 0.15) is 5.76 Å². The van der Waals surface area contributed by atoms with Crippen LogP contribution in [-0.2, 0) is 6.54 Å². The van der Waals surface area contributed by atoms with Crippen LogP contribution in [0.5, 0.6) is 0 Å². The number of oxazole rings is 1. The van der Waals surface area contributed by atoms with Gasteiger partial charge in [0.15, 0.2) is 0 Å². The molecule has 2 N–H and O–H groups in total. The highest BCUT2D eigenvalue weighted by Gasteiger charge is 2.21. The summed E-state index contributed by atoms with van der Waals surface area (Å²) in [6.45, 7) is 4.84. The first-order valence-corrected chi connectivity index (χ1v) is 7.08. The molecule has 6 heteroatoms. The Labute approximate surface area is 123 Å². The minimum Gasteiger partial charge on any atom is -0.440 e. The lowest BCUT2D eigenvalue weighted by Gasteiger charge is -2.12. The highest BCUT2D eigenvalue weighted by Crippen LogP contribution is 2.26. The molecule has 1 saturated heterocycles. The van der Waals surface area contributed by atoms with E-state index < -0.39 is 0 Å². The van der Waals surface area contributed by atoms with Gasteiger partial charge in [0.2, 0.25) is 5.89 Å². The van der Waals surface area contributed by atoms with Crippen molar-refractivity contribution in [2.75, 3.05) is 13.1 Å². The summed E-state index contributed by atoms with van der Waals surface area (Å²) < 4.78 is 5.74. The van der Waals surface area contributed by atoms with E-state index in [1.165, 1.54) is 0 Å². The molecule has 3 rings (SSSR count). The molecule has 3 heterocycles. The Balaban J connectivity index is 0.00000133. The highest BCUT2D eigenvalue weighted by molar-refractivity contribution is 7.13. The largest absolute Gasteiger partial charge is 0.440 e. The number of thiophene rings is 1. The zero-order valence-corrected chi connectivity index (χ0v) is 12.5. The summed E-state index contributed by atoms with van der Waals surface area (Å²) in [4.78, 5) is 8.03. The second kappa shape index (κ2) is 6.05. The molecule has 104 valence electrons. The molecule has 0 amide bonds. The molecular weight excluding hydrogens is 282 g/mol. The summed E-state index contributed by atoms with van der Waals surface area (Å²) in [7, 11) is 0. The van der Waals surface area contributed by atoms with Gasteiger partial charge in [-0.3, -0.25) is 4.90 Å². The van der Waals surface area contributed by atoms with Crippen molar-refractivity contribution in [1.82, 2.24) is 9.88 Å². The van der Waals surface area contributed by atoms with Crippen LogP contribution in [0.25, 0.3) is 10.8 Å². The van der Waals surface area contributed by atoms with Gasteiger partial charge < -0.3 is 10.2 Å². The van der Waals surface area contributed by atoms with Crippen LogP contribution in [0.4, 0.5) is 0 Å². The molecule has 1 aliphatic heterocycles. The molecule has 1 atom stereocenters. The number of hydrogen-bond donors (Lipinski definition) is 1. The van der Waals surface area contributed by atoms with Crippen LogP contribution >= 0.6 is 23.7 Å². The summed E-state index contributed by atoms with van der Waals surface area (Å²) in [5.41, 5.74) is 6.95. The van der Waals surface area contributed by atoms with Gasteiger partial charge in [0.05, 0.1) is 10.6 Å². The minimum absolute atomic E-state index is 0. The fraction of sp³-hybridized carbons (Fsp3) is 0.462. The van der Waals surface area contributed by atoms with Gasteiger partial charge in [-0.2, -0.15) is 0 Å². The number of rotatable bonds is 3. The number of likely N-dealkylation sites (tertiary alicyclic amines) is 1. The van der Waals surface area contributed by atoms with Gasteiger partial charge in [-0.15, -0.1) is 23.7 Å². The van der Waals surface area contributed by atoms with E-state index in [-0.39, 0.29) is 12.4 Å². The Bertz CT molecular complexity index is 526. The molecule has 2 aromatic heterocycles. The van der Waals surface area contributed by atoms with E-state index >= 15 is 0 Å². The SMILES string of the molecule is Cc1oc(-c2cccs2)nc1CN1CC[C@@H](N)C1.Cl. The fourth-order valence-electron chi connectivity index (χ4n) is 2.30. The van der Waals surface area contributed by atoms with Crippen LogP contribution in [0.2, 0.25) is 0 Å². The van der Waals surface area contributed by atoms with Crippen molar-refractivity contribution >= 4 is 23.7 Å². The molecule has 0 aromatic carbocycles. The quantitative estimate of drug-likeness (QED) is 0.947. The van der Waals surface area contributed by atoms with Crippen molar-refractivity contribution in [2.45, 2.75) is 25.9 Å². The zero-order valence-electron chi connectivity index (χ0n) is 10.8. The average molecular weight is 300 g/mol. The third kappa shape index (κ3) is 3.17. The van der Waals surface area contributed by atoms with E-state index in [9.17, 15) is 0 Å². The first-order chi connectivity index (χ1) is 8.72. The van der Waals surface area contributed by atoms with Crippen LogP contribution in [0.15, 0.2) is 21.9 Å². The third-order valence-corrected chi connectivity index (χ3v) is 4.16. The van der Waals surface area contributed by atoms with Crippen LogP contribution in [-0.4, -0.2) is 29.0 Å². The smallest absolute Gasteiger partial charge is 0.236 e. The van der Waals surface area contributed by atoms with Crippen molar-refractivity contribution in [3.8, 4) is 10.8 Å². The maximum atomic E-state index is 5.92. The standard InChI is InChI=1S/C13H17N3OS.ClH/c1-9-11(8-16-5-4-10(14)7-16)15-13(17-9)12-3-2-6-18-12;/h2-3,6,10H,4-5,7-8,14H2,1H3;1H/t10-;/m1./s1. The monoisotopic (exact) mass is 299 g/mol. The molecule has 0 saturated carbocycles. The number of aryl methyl sites for hydroxylation is 1. The van der Waals surface area contributed by atoms with Crippen LogP contribution < -0.4 is 5.73 Å². The molecule has 19 heavy (non-hydrogen) atoms. The summed E-state index contributed by atoms with van der Waals surface area (Å²) in [5.74, 6) is 1.65. The highest BCUT2D eigenvalue weighted by atomic mass is 35.5. The molecule has 0 radical (unpaired) electrons. The van der Waals surface area contributed by atoms with E-state index in [0.717, 1.165) is 48.3 Å². The second-order valence-electron chi connectivity index (χ2n) is 4.78. The molecule has 0 bridgehead atoms. The van der Waals surface area contributed by atoms with E-state index in [0.29, 0.717) is 6.04 Å². The molecule has 4 nitrogen and oxygen atoms in total. The van der Waals surface area contributed by atoms with Gasteiger partial charge in [-0.1, -0.05) is 6.07 Å². The number of aromatic nitrogens is 1. The zero-order chi connectivity index (χ0) is 12.5. The molecule has 0 spiro atoms. The molecule has 0 unspecified atom stereocenters. The van der Waals surface area contributed by atoms with E-state index in [2.05, 4.69) is 9.88 Å². The third-order valence-electron chi connectivity index (χ3n) is 3.31. The summed E-state index contributed by atoms with van der Waals surface area (Å²) in [6.07, 6.45) is 1.08. The molecule has 2 aromatic rings. The van der Waals surface area contributed by atoms with Gasteiger partial charge in [0.25, 0.3) is 0 Å². The first-order valence-electron chi connectivity index (χ1n) is 6.20. The summed E-state index contributed by atoms with van der Waals surface area (Å²) in [6, 6.07) is 4.36. The first kappa shape index (κ1) is 14.5. The van der Waals surface area contributed by atoms with Crippen molar-refractivity contribution in [2.24, 2.45) is 5.73 Å². The molecule has 1 fully saturated rings. The maximum absolute atomic E-state index is 5.92. The Hall–Kier alpha value is -0.880. The van der Waals surface area contributed by atoms with Crippen molar-refractivity contribution < 1.29 is 4.42 Å². The lowest BCUT2D eigenvalue weighted by Crippen LogP contribution is -2.26. The fourth-order valence-corrected chi connectivity index (χ4v) is 2.95. The van der Waals surface area contributed by atoms with Crippen molar-refractivity contribution in [1.29, 1.82) is 0 Å². The number of nitrogens with two attached hydrogens (primary N) is 1. The number of halogens is 1. The Morgan fingerprint density at radius 2 is 2.42 bits per heavy atom. The summed E-state index contributed by atoms with van der Waals surface area (Å²) >= 11 is 1.65. The second-order valence-corrected chi connectivity index (χ2v) is 5.73. The maximum Gasteiger partial charge on any atom is 0.236 e. The van der Waals surface area contributed by atoms with E-state index in [1.807, 2.05) is 24.4 Å². The lowest BCUT2D eigenvalue weighted by molar-refractivity contribution is 0.321. The Morgan fingerprint density at radius 1 is 1.58 bits per heavy atom. The van der Waals surface area contributed by atoms with Gasteiger partial charge in [-0.05, 0) is 24.8 Å². The molecular formula is C13H18ClN3OS. The summed E-state index contributed by atoms with van der Waals surface area (Å²) in [5, 5.41) is 2.04. The van der Waals surface area contributed by atoms with E-state index in [4.69, 9.17) is 10.2 Å². The van der Waals surface area contributed by atoms with Crippen molar-refractivity contribution in [3.05, 3.63) is 29.0 Å². The van der Waals surface area contributed by atoms with Crippen molar-refractivity contribution in [3.63, 3.8) is 0 Å². The number of hydrogen-bond acceptors (Lipinski definition) is 5. The Morgan fingerprint density at radius 3 is 3.05 bits per heavy atom. The molecule has 0 aliphatic carbocycles. The number of nitrogens with zero attached hydrogens (tertiary/aromatic N) is 2. The predicted octanol–water partition coefficient (Wildman–Crippen LogP) is 2.67. The Kier molecular flexibility index (Phi) is 4.62. The topological polar surface area (TPSA) is 55.3 Å². The van der Waals surface area contributed by atoms with Gasteiger partial charge in [0, 0.05) is 25.7 Å².